The van der Waals surface area contributed by atoms with E-state index in [4.69, 9.17) is 15.7 Å². The fourth-order valence-corrected chi connectivity index (χ4v) is 0.370. The molecule has 0 spiro atoms. The van der Waals surface area contributed by atoms with Gasteiger partial charge >= 0.3 is 0 Å². The van der Waals surface area contributed by atoms with Gasteiger partial charge in [0, 0.05) is 4.91 Å². The smallest absolute Gasteiger partial charge is 0.148 e. The summed E-state index contributed by atoms with van der Waals surface area (Å²) in [6.45, 7) is -0.538. The number of aliphatic hydroxyl groups is 2. The second-order valence-corrected chi connectivity index (χ2v) is 1.58. The van der Waals surface area contributed by atoms with Crippen LogP contribution >= 0.6 is 0 Å². The lowest BCUT2D eigenvalue weighted by Crippen LogP contribution is -2.28. The molecule has 0 aliphatic rings. The second kappa shape index (κ2) is 4.75. The first-order chi connectivity index (χ1) is 4.76. The first-order valence-corrected chi connectivity index (χ1v) is 2.54. The molecular weight excluding hydrogens is 138 g/mol. The van der Waals surface area contributed by atoms with Gasteiger partial charge in [-0.2, -0.15) is 0 Å². The summed E-state index contributed by atoms with van der Waals surface area (Å²) >= 11 is 0. The minimum atomic E-state index is -1.42. The highest BCUT2D eigenvalue weighted by molar-refractivity contribution is 5.56. The number of rotatable bonds is 4. The Morgan fingerprint density at radius 3 is 2.70 bits per heavy atom. The van der Waals surface area contributed by atoms with E-state index >= 15 is 0 Å². The Kier molecular flexibility index (Phi) is 4.23. The van der Waals surface area contributed by atoms with Crippen LogP contribution in [0.5, 0.6) is 0 Å². The SMILES string of the molecule is [N-]=[N+]=N[C@@H](CO)[C@H](O)C=O. The van der Waals surface area contributed by atoms with E-state index < -0.39 is 18.8 Å². The Bertz CT molecular complexity index is 154. The molecule has 0 amide bonds. The number of carbonyl (C=O) groups is 1. The Morgan fingerprint density at radius 2 is 2.40 bits per heavy atom. The predicted molar refractivity (Wildman–Crippen MR) is 32.1 cm³/mol. The maximum Gasteiger partial charge on any atom is 0.148 e. The third kappa shape index (κ3) is 2.45. The lowest BCUT2D eigenvalue weighted by Gasteiger charge is -2.07. The van der Waals surface area contributed by atoms with Crippen molar-refractivity contribution >= 4 is 6.29 Å². The lowest BCUT2D eigenvalue weighted by atomic mass is 10.2. The number of nitrogens with zero attached hydrogens (tertiary/aromatic N) is 3. The minimum absolute atomic E-state index is 0.204. The average molecular weight is 145 g/mol. The highest BCUT2D eigenvalue weighted by atomic mass is 16.3. The van der Waals surface area contributed by atoms with Crippen molar-refractivity contribution in [1.29, 1.82) is 0 Å². The summed E-state index contributed by atoms with van der Waals surface area (Å²) in [6.07, 6.45) is -1.21. The monoisotopic (exact) mass is 145 g/mol. The van der Waals surface area contributed by atoms with Gasteiger partial charge in [0.2, 0.25) is 0 Å². The van der Waals surface area contributed by atoms with Gasteiger partial charge in [-0.15, -0.1) is 0 Å². The molecule has 0 aliphatic carbocycles. The zero-order valence-corrected chi connectivity index (χ0v) is 5.08. The van der Waals surface area contributed by atoms with Gasteiger partial charge in [-0.3, -0.25) is 0 Å². The van der Waals surface area contributed by atoms with Crippen molar-refractivity contribution in [2.75, 3.05) is 6.61 Å². The normalized spacial score (nSPS) is 15.0. The zero-order chi connectivity index (χ0) is 7.98. The molecule has 0 rings (SSSR count). The highest BCUT2D eigenvalue weighted by Gasteiger charge is 2.14. The van der Waals surface area contributed by atoms with Gasteiger partial charge in [-0.05, 0) is 5.53 Å². The number of carbonyl (C=O) groups excluding carboxylic acids is 1. The molecule has 0 heterocycles. The van der Waals surface area contributed by atoms with Crippen LogP contribution in [-0.4, -0.2) is 35.3 Å². The largest absolute Gasteiger partial charge is 0.396 e. The first kappa shape index (κ1) is 8.90. The van der Waals surface area contributed by atoms with E-state index in [-0.39, 0.29) is 6.29 Å². The van der Waals surface area contributed by atoms with Crippen molar-refractivity contribution in [2.45, 2.75) is 12.1 Å². The molecule has 0 saturated carbocycles. The van der Waals surface area contributed by atoms with Crippen LogP contribution in [0.2, 0.25) is 0 Å². The van der Waals surface area contributed by atoms with E-state index in [0.29, 0.717) is 0 Å². The van der Waals surface area contributed by atoms with Gasteiger partial charge in [0.1, 0.15) is 12.4 Å². The Hall–Kier alpha value is -1.10. The lowest BCUT2D eigenvalue weighted by molar-refractivity contribution is -0.116. The molecule has 6 heteroatoms. The van der Waals surface area contributed by atoms with Crippen molar-refractivity contribution in [3.05, 3.63) is 10.4 Å². The topological polar surface area (TPSA) is 106 Å². The molecule has 56 valence electrons. The van der Waals surface area contributed by atoms with Gasteiger partial charge in [0.05, 0.1) is 12.6 Å². The summed E-state index contributed by atoms with van der Waals surface area (Å²) in [5, 5.41) is 20.0. The zero-order valence-electron chi connectivity index (χ0n) is 5.08. The molecule has 10 heavy (non-hydrogen) atoms. The van der Waals surface area contributed by atoms with Crippen LogP contribution in [0.15, 0.2) is 5.11 Å². The third-order valence-corrected chi connectivity index (χ3v) is 0.921. The van der Waals surface area contributed by atoms with Crippen molar-refractivity contribution in [2.24, 2.45) is 5.11 Å². The molecule has 0 aromatic rings. The van der Waals surface area contributed by atoms with Gasteiger partial charge < -0.3 is 15.0 Å². The number of hydrogen-bond donors (Lipinski definition) is 2. The molecule has 2 N–H and O–H groups in total. The van der Waals surface area contributed by atoms with Crippen molar-refractivity contribution in [3.8, 4) is 0 Å². The molecule has 0 aromatic heterocycles. The summed E-state index contributed by atoms with van der Waals surface area (Å²) in [5.74, 6) is 0. The van der Waals surface area contributed by atoms with Gasteiger partial charge in [0.25, 0.3) is 0 Å². The van der Waals surface area contributed by atoms with Crippen LogP contribution in [0.4, 0.5) is 0 Å². The first-order valence-electron chi connectivity index (χ1n) is 2.54. The van der Waals surface area contributed by atoms with Crippen LogP contribution < -0.4 is 0 Å². The number of aldehydes is 1. The van der Waals surface area contributed by atoms with E-state index in [1.165, 1.54) is 0 Å². The van der Waals surface area contributed by atoms with E-state index in [9.17, 15) is 4.79 Å². The molecule has 0 aromatic carbocycles. The minimum Gasteiger partial charge on any atom is -0.396 e. The molecule has 0 saturated heterocycles. The third-order valence-electron chi connectivity index (χ3n) is 0.921. The van der Waals surface area contributed by atoms with Crippen molar-refractivity contribution in [1.82, 2.24) is 0 Å². The second-order valence-electron chi connectivity index (χ2n) is 1.58. The molecule has 2 atom stereocenters. The van der Waals surface area contributed by atoms with E-state index in [1.54, 1.807) is 0 Å². The Labute approximate surface area is 56.7 Å². The summed E-state index contributed by atoms with van der Waals surface area (Å²) in [5.41, 5.74) is 7.83. The molecule has 6 nitrogen and oxygen atoms in total. The molecular formula is C4H7N3O3. The van der Waals surface area contributed by atoms with E-state index in [2.05, 4.69) is 10.0 Å². The maximum absolute atomic E-state index is 9.84. The maximum atomic E-state index is 9.84. The molecule has 0 bridgehead atoms. The Morgan fingerprint density at radius 1 is 1.80 bits per heavy atom. The van der Waals surface area contributed by atoms with Crippen LogP contribution in [0.25, 0.3) is 10.4 Å². The van der Waals surface area contributed by atoms with Gasteiger partial charge in [-0.25, -0.2) is 0 Å². The van der Waals surface area contributed by atoms with Crippen LogP contribution in [0.1, 0.15) is 0 Å². The van der Waals surface area contributed by atoms with Gasteiger partial charge in [-0.1, -0.05) is 5.11 Å². The van der Waals surface area contributed by atoms with Crippen LogP contribution in [-0.2, 0) is 4.79 Å². The van der Waals surface area contributed by atoms with Gasteiger partial charge in [0.15, 0.2) is 0 Å². The highest BCUT2D eigenvalue weighted by Crippen LogP contribution is 1.95. The predicted octanol–water partition coefficient (Wildman–Crippen LogP) is -0.783. The van der Waals surface area contributed by atoms with E-state index in [1.807, 2.05) is 0 Å². The van der Waals surface area contributed by atoms with E-state index in [0.717, 1.165) is 0 Å². The fraction of sp³-hybridized carbons (Fsp3) is 0.750. The number of aliphatic hydroxyl groups excluding tert-OH is 2. The summed E-state index contributed by atoms with van der Waals surface area (Å²) in [6, 6.07) is -1.07. The van der Waals surface area contributed by atoms with Crippen molar-refractivity contribution in [3.63, 3.8) is 0 Å². The standard InChI is InChI=1S/C4H7N3O3/c5-7-6-3(1-8)4(10)2-9/h2-4,8,10H,1H2/t3-,4+/m0/s1. The average Bonchev–Trinajstić information content (AvgIpc) is 1.99. The summed E-state index contributed by atoms with van der Waals surface area (Å²) in [7, 11) is 0. The summed E-state index contributed by atoms with van der Waals surface area (Å²) in [4.78, 5) is 12.2. The van der Waals surface area contributed by atoms with Crippen molar-refractivity contribution < 1.29 is 15.0 Å². The quantitative estimate of drug-likeness (QED) is 0.234. The van der Waals surface area contributed by atoms with Crippen LogP contribution in [0, 0.1) is 0 Å². The number of azide groups is 1. The molecule has 0 aliphatic heterocycles. The Balaban J connectivity index is 4.04. The van der Waals surface area contributed by atoms with Crippen LogP contribution in [0.3, 0.4) is 0 Å². The molecule has 0 unspecified atom stereocenters. The molecule has 0 fully saturated rings. The number of hydrogen-bond acceptors (Lipinski definition) is 4. The fourth-order valence-electron chi connectivity index (χ4n) is 0.370. The molecule has 0 radical (unpaired) electrons. The summed E-state index contributed by atoms with van der Waals surface area (Å²) < 4.78 is 0.